The number of hydrogen-bond acceptors (Lipinski definition) is 1. The summed E-state index contributed by atoms with van der Waals surface area (Å²) in [7, 11) is 0. The minimum atomic E-state index is 0.128. The molecular formula is C17H14O. The summed E-state index contributed by atoms with van der Waals surface area (Å²) in [6, 6.07) is 16.0. The Morgan fingerprint density at radius 2 is 1.56 bits per heavy atom. The van der Waals surface area contributed by atoms with Crippen molar-refractivity contribution in [3.63, 3.8) is 0 Å². The van der Waals surface area contributed by atoms with Gasteiger partial charge in [-0.1, -0.05) is 54.1 Å². The minimum Gasteiger partial charge on any atom is -0.289 e. The van der Waals surface area contributed by atoms with E-state index in [1.54, 1.807) is 0 Å². The predicted molar refractivity (Wildman–Crippen MR) is 77.2 cm³/mol. The molecule has 88 valence electrons. The van der Waals surface area contributed by atoms with Gasteiger partial charge in [0.25, 0.3) is 0 Å². The van der Waals surface area contributed by atoms with Gasteiger partial charge in [-0.3, -0.25) is 4.79 Å². The predicted octanol–water partition coefficient (Wildman–Crippen LogP) is 3.97. The quantitative estimate of drug-likeness (QED) is 0.575. The number of rotatable bonds is 0. The normalized spacial score (nSPS) is 11.0. The lowest BCUT2D eigenvalue weighted by atomic mass is 10.0. The Balaban J connectivity index is 2.68. The Hall–Kier alpha value is -2.15. The van der Waals surface area contributed by atoms with Crippen LogP contribution in [0.2, 0.25) is 0 Å². The van der Waals surface area contributed by atoms with Crippen molar-refractivity contribution in [2.45, 2.75) is 13.8 Å². The molecule has 0 bridgehead atoms. The van der Waals surface area contributed by atoms with E-state index in [9.17, 15) is 4.79 Å². The lowest BCUT2D eigenvalue weighted by Gasteiger charge is -2.00. The fourth-order valence-electron chi connectivity index (χ4n) is 2.61. The number of aryl methyl sites for hydroxylation is 2. The van der Waals surface area contributed by atoms with E-state index in [1.165, 1.54) is 5.56 Å². The van der Waals surface area contributed by atoms with Gasteiger partial charge in [0, 0.05) is 10.8 Å². The largest absolute Gasteiger partial charge is 0.289 e. The zero-order valence-corrected chi connectivity index (χ0v) is 10.5. The fraction of sp³-hybridized carbons (Fsp3) is 0.118. The molecule has 18 heavy (non-hydrogen) atoms. The summed E-state index contributed by atoms with van der Waals surface area (Å²) in [5.41, 5.74) is 2.37. The second-order valence-corrected chi connectivity index (χ2v) is 4.80. The highest BCUT2D eigenvalue weighted by Gasteiger charge is 2.05. The van der Waals surface area contributed by atoms with Crippen LogP contribution in [0.15, 0.2) is 53.3 Å². The van der Waals surface area contributed by atoms with E-state index in [-0.39, 0.29) is 5.43 Å². The zero-order chi connectivity index (χ0) is 12.7. The first-order chi connectivity index (χ1) is 8.66. The van der Waals surface area contributed by atoms with Crippen molar-refractivity contribution >= 4 is 21.5 Å². The van der Waals surface area contributed by atoms with Crippen LogP contribution in [-0.2, 0) is 0 Å². The topological polar surface area (TPSA) is 17.1 Å². The molecule has 0 atom stereocenters. The van der Waals surface area contributed by atoms with Crippen molar-refractivity contribution in [3.05, 3.63) is 69.9 Å². The van der Waals surface area contributed by atoms with E-state index in [0.717, 1.165) is 27.1 Å². The van der Waals surface area contributed by atoms with Crippen LogP contribution < -0.4 is 5.43 Å². The maximum Gasteiger partial charge on any atom is 0.194 e. The first-order valence-corrected chi connectivity index (χ1v) is 6.10. The Morgan fingerprint density at radius 1 is 0.833 bits per heavy atom. The minimum absolute atomic E-state index is 0.128. The molecule has 0 unspecified atom stereocenters. The highest BCUT2D eigenvalue weighted by Crippen LogP contribution is 2.19. The van der Waals surface area contributed by atoms with Crippen molar-refractivity contribution in [1.29, 1.82) is 0 Å². The number of benzene rings is 2. The van der Waals surface area contributed by atoms with Crippen LogP contribution in [0.3, 0.4) is 0 Å². The van der Waals surface area contributed by atoms with Crippen LogP contribution in [0.5, 0.6) is 0 Å². The van der Waals surface area contributed by atoms with Gasteiger partial charge in [0.05, 0.1) is 0 Å². The van der Waals surface area contributed by atoms with Crippen molar-refractivity contribution in [2.24, 2.45) is 0 Å². The third-order valence-corrected chi connectivity index (χ3v) is 3.39. The van der Waals surface area contributed by atoms with Gasteiger partial charge in [-0.25, -0.2) is 0 Å². The van der Waals surface area contributed by atoms with E-state index in [4.69, 9.17) is 0 Å². The third kappa shape index (κ3) is 1.60. The van der Waals surface area contributed by atoms with Crippen molar-refractivity contribution in [2.75, 3.05) is 0 Å². The van der Waals surface area contributed by atoms with Crippen molar-refractivity contribution in [1.82, 2.24) is 0 Å². The molecule has 0 aliphatic heterocycles. The molecule has 1 nitrogen and oxygen atoms in total. The summed E-state index contributed by atoms with van der Waals surface area (Å²) in [4.78, 5) is 12.6. The fourth-order valence-corrected chi connectivity index (χ4v) is 2.61. The van der Waals surface area contributed by atoms with E-state index >= 15 is 0 Å². The monoisotopic (exact) mass is 234 g/mol. The smallest absolute Gasteiger partial charge is 0.194 e. The van der Waals surface area contributed by atoms with Crippen LogP contribution in [-0.4, -0.2) is 0 Å². The number of fused-ring (bicyclic) bond motifs is 2. The van der Waals surface area contributed by atoms with Crippen molar-refractivity contribution in [3.8, 4) is 0 Å². The summed E-state index contributed by atoms with van der Waals surface area (Å²) >= 11 is 0. The third-order valence-electron chi connectivity index (χ3n) is 3.39. The van der Waals surface area contributed by atoms with Gasteiger partial charge in [0.2, 0.25) is 0 Å². The summed E-state index contributed by atoms with van der Waals surface area (Å²) in [6.45, 7) is 4.06. The summed E-state index contributed by atoms with van der Waals surface area (Å²) in [5.74, 6) is 0. The van der Waals surface area contributed by atoms with Gasteiger partial charge in [0.1, 0.15) is 0 Å². The molecule has 0 spiro atoms. The molecule has 0 aliphatic rings. The lowest BCUT2D eigenvalue weighted by Crippen LogP contribution is -2.00. The van der Waals surface area contributed by atoms with Gasteiger partial charge >= 0.3 is 0 Å². The maximum atomic E-state index is 12.6. The SMILES string of the molecule is Cc1cc(C)c2c(=O)c3ccccc3ccc2c1. The molecule has 0 N–H and O–H groups in total. The molecule has 0 radical (unpaired) electrons. The highest BCUT2D eigenvalue weighted by molar-refractivity contribution is 5.95. The van der Waals surface area contributed by atoms with E-state index < -0.39 is 0 Å². The Morgan fingerprint density at radius 3 is 2.39 bits per heavy atom. The van der Waals surface area contributed by atoms with Crippen LogP contribution in [0, 0.1) is 13.8 Å². The molecule has 0 amide bonds. The molecular weight excluding hydrogens is 220 g/mol. The van der Waals surface area contributed by atoms with E-state index in [2.05, 4.69) is 19.1 Å². The van der Waals surface area contributed by atoms with Crippen LogP contribution in [0.4, 0.5) is 0 Å². The van der Waals surface area contributed by atoms with Gasteiger partial charge < -0.3 is 0 Å². The zero-order valence-electron chi connectivity index (χ0n) is 10.5. The molecule has 3 aromatic rings. The van der Waals surface area contributed by atoms with Crippen LogP contribution in [0.25, 0.3) is 21.5 Å². The van der Waals surface area contributed by atoms with Gasteiger partial charge in [-0.15, -0.1) is 0 Å². The molecule has 0 saturated heterocycles. The summed E-state index contributed by atoms with van der Waals surface area (Å²) in [5, 5.41) is 3.64. The number of hydrogen-bond donors (Lipinski definition) is 0. The molecule has 3 aromatic carbocycles. The van der Waals surface area contributed by atoms with Crippen molar-refractivity contribution < 1.29 is 0 Å². The Bertz CT molecular complexity index is 816. The maximum absolute atomic E-state index is 12.6. The molecule has 0 heterocycles. The van der Waals surface area contributed by atoms with Gasteiger partial charge in [-0.2, -0.15) is 0 Å². The second-order valence-electron chi connectivity index (χ2n) is 4.80. The van der Waals surface area contributed by atoms with Crippen LogP contribution in [0.1, 0.15) is 11.1 Å². The molecule has 3 rings (SSSR count). The molecule has 1 heteroatoms. The molecule has 0 aliphatic carbocycles. The van der Waals surface area contributed by atoms with Gasteiger partial charge in [0.15, 0.2) is 5.43 Å². The van der Waals surface area contributed by atoms with Crippen LogP contribution >= 0.6 is 0 Å². The van der Waals surface area contributed by atoms with Gasteiger partial charge in [-0.05, 0) is 30.2 Å². The molecule has 0 fully saturated rings. The van der Waals surface area contributed by atoms with E-state index in [0.29, 0.717) is 0 Å². The second kappa shape index (κ2) is 3.95. The summed E-state index contributed by atoms with van der Waals surface area (Å²) < 4.78 is 0. The lowest BCUT2D eigenvalue weighted by molar-refractivity contribution is 1.43. The average molecular weight is 234 g/mol. The standard InChI is InChI=1S/C17H14O/c1-11-9-12(2)16-14(10-11)8-7-13-5-3-4-6-15(13)17(16)18/h3-10H,1-2H3. The summed E-state index contributed by atoms with van der Waals surface area (Å²) in [6.07, 6.45) is 0. The highest BCUT2D eigenvalue weighted by atomic mass is 16.1. The first kappa shape index (κ1) is 11.0. The Kier molecular flexibility index (Phi) is 2.41. The molecule has 0 saturated carbocycles. The average Bonchev–Trinajstić information content (AvgIpc) is 2.48. The van der Waals surface area contributed by atoms with E-state index in [1.807, 2.05) is 43.3 Å². The molecule has 0 aromatic heterocycles. The first-order valence-electron chi connectivity index (χ1n) is 6.10. The Labute approximate surface area is 106 Å².